The van der Waals surface area contributed by atoms with Crippen molar-refractivity contribution >= 4 is 17.7 Å². The first-order valence-electron chi connectivity index (χ1n) is 12.6. The van der Waals surface area contributed by atoms with Gasteiger partial charge in [0.2, 0.25) is 17.7 Å². The van der Waals surface area contributed by atoms with Gasteiger partial charge >= 0.3 is 0 Å². The second kappa shape index (κ2) is 10.0. The maximum absolute atomic E-state index is 13.9. The molecule has 3 amide bonds. The zero-order chi connectivity index (χ0) is 25.1. The van der Waals surface area contributed by atoms with Gasteiger partial charge in [-0.3, -0.25) is 24.3 Å². The molecule has 186 valence electrons. The fraction of sp³-hybridized carbons (Fsp3) is 0.393. The fourth-order valence-electron chi connectivity index (χ4n) is 5.58. The van der Waals surface area contributed by atoms with Crippen LogP contribution in [0.25, 0.3) is 0 Å². The molecule has 36 heavy (non-hydrogen) atoms. The Morgan fingerprint density at radius 3 is 2.56 bits per heavy atom. The van der Waals surface area contributed by atoms with Crippen LogP contribution in [0.3, 0.4) is 0 Å². The van der Waals surface area contributed by atoms with Crippen molar-refractivity contribution in [3.8, 4) is 0 Å². The number of piperidine rings is 1. The van der Waals surface area contributed by atoms with Gasteiger partial charge in [-0.25, -0.2) is 4.98 Å². The van der Waals surface area contributed by atoms with Gasteiger partial charge in [0.05, 0.1) is 11.5 Å². The lowest BCUT2D eigenvalue weighted by Crippen LogP contribution is -2.46. The number of carbonyl (C=O) groups is 3. The number of hydrogen-bond donors (Lipinski definition) is 0. The molecule has 0 spiro atoms. The molecule has 2 atom stereocenters. The molecular weight excluding hydrogens is 454 g/mol. The quantitative estimate of drug-likeness (QED) is 0.480. The molecule has 0 bridgehead atoms. The number of imidazole rings is 1. The van der Waals surface area contributed by atoms with Crippen molar-refractivity contribution in [3.63, 3.8) is 0 Å². The Morgan fingerprint density at radius 2 is 1.83 bits per heavy atom. The van der Waals surface area contributed by atoms with E-state index in [-0.39, 0.29) is 43.1 Å². The van der Waals surface area contributed by atoms with E-state index in [1.165, 1.54) is 4.90 Å². The van der Waals surface area contributed by atoms with Crippen molar-refractivity contribution in [1.82, 2.24) is 24.3 Å². The highest BCUT2D eigenvalue weighted by Crippen LogP contribution is 2.41. The minimum atomic E-state index is -1.21. The number of imide groups is 1. The third-order valence-electron chi connectivity index (χ3n) is 7.49. The first kappa shape index (κ1) is 23.9. The van der Waals surface area contributed by atoms with Crippen LogP contribution in [0, 0.1) is 0 Å². The van der Waals surface area contributed by atoms with Gasteiger partial charge in [-0.15, -0.1) is 0 Å². The Bertz CT molecular complexity index is 1240. The summed E-state index contributed by atoms with van der Waals surface area (Å²) in [6.45, 7) is 0.865. The minimum absolute atomic E-state index is 0.00921. The van der Waals surface area contributed by atoms with Crippen LogP contribution in [-0.2, 0) is 33.3 Å². The van der Waals surface area contributed by atoms with E-state index in [2.05, 4.69) is 9.97 Å². The summed E-state index contributed by atoms with van der Waals surface area (Å²) in [5.41, 5.74) is 0.323. The molecule has 0 saturated carbocycles. The standard InChI is InChI=1S/C28H31N5O3/c1-31-18-15-30-26(31)23-12-6-8-16-32(23)24(34)19-28(21-9-3-2-4-10-21)20-25(35)33(27(28)36)17-13-22-11-5-7-14-29-22/h2-5,7,9-11,14-15,18,23H,6,8,12-13,16-17,19-20H2,1H3/t23-,28-/m1/s1. The Hall–Kier alpha value is -3.81. The summed E-state index contributed by atoms with van der Waals surface area (Å²) in [7, 11) is 1.93. The summed E-state index contributed by atoms with van der Waals surface area (Å²) < 4.78 is 1.95. The molecule has 0 unspecified atom stereocenters. The third kappa shape index (κ3) is 4.43. The second-order valence-corrected chi connectivity index (χ2v) is 9.72. The number of carbonyl (C=O) groups excluding carboxylic acids is 3. The zero-order valence-corrected chi connectivity index (χ0v) is 20.5. The van der Waals surface area contributed by atoms with Gasteiger partial charge in [-0.1, -0.05) is 36.4 Å². The third-order valence-corrected chi connectivity index (χ3v) is 7.49. The molecule has 8 heteroatoms. The Labute approximate surface area is 211 Å². The normalized spacial score (nSPS) is 22.3. The molecule has 8 nitrogen and oxygen atoms in total. The average Bonchev–Trinajstić information content (AvgIpc) is 3.44. The lowest BCUT2D eigenvalue weighted by molar-refractivity contribution is -0.144. The van der Waals surface area contributed by atoms with Crippen LogP contribution < -0.4 is 0 Å². The first-order valence-corrected chi connectivity index (χ1v) is 12.6. The van der Waals surface area contributed by atoms with Crippen molar-refractivity contribution in [3.05, 3.63) is 84.2 Å². The van der Waals surface area contributed by atoms with Crippen LogP contribution in [0.5, 0.6) is 0 Å². The van der Waals surface area contributed by atoms with Crippen molar-refractivity contribution in [2.24, 2.45) is 7.05 Å². The van der Waals surface area contributed by atoms with E-state index in [1.54, 1.807) is 12.4 Å². The molecule has 5 rings (SSSR count). The van der Waals surface area contributed by atoms with E-state index < -0.39 is 5.41 Å². The molecule has 0 radical (unpaired) electrons. The van der Waals surface area contributed by atoms with Gasteiger partial charge in [0, 0.05) is 63.7 Å². The summed E-state index contributed by atoms with van der Waals surface area (Å²) >= 11 is 0. The number of aryl methyl sites for hydroxylation is 1. The molecule has 2 aromatic heterocycles. The van der Waals surface area contributed by atoms with Gasteiger partial charge in [0.25, 0.3) is 0 Å². The number of pyridine rings is 1. The molecule has 2 aliphatic rings. The highest BCUT2D eigenvalue weighted by atomic mass is 16.2. The summed E-state index contributed by atoms with van der Waals surface area (Å²) in [5.74, 6) is 0.197. The van der Waals surface area contributed by atoms with Crippen molar-refractivity contribution in [2.45, 2.75) is 50.0 Å². The minimum Gasteiger partial charge on any atom is -0.336 e. The van der Waals surface area contributed by atoms with Crippen molar-refractivity contribution < 1.29 is 14.4 Å². The average molecular weight is 486 g/mol. The van der Waals surface area contributed by atoms with E-state index in [0.29, 0.717) is 18.5 Å². The summed E-state index contributed by atoms with van der Waals surface area (Å²) in [6.07, 6.45) is 8.52. The molecule has 3 aromatic rings. The molecule has 2 aliphatic heterocycles. The van der Waals surface area contributed by atoms with Gasteiger partial charge in [-0.2, -0.15) is 0 Å². The van der Waals surface area contributed by atoms with Gasteiger partial charge in [0.15, 0.2) is 0 Å². The predicted octanol–water partition coefficient (Wildman–Crippen LogP) is 3.20. The second-order valence-electron chi connectivity index (χ2n) is 9.72. The van der Waals surface area contributed by atoms with Crippen LogP contribution in [0.2, 0.25) is 0 Å². The highest BCUT2D eigenvalue weighted by molar-refractivity contribution is 6.10. The van der Waals surface area contributed by atoms with E-state index in [4.69, 9.17) is 0 Å². The van der Waals surface area contributed by atoms with Crippen LogP contribution in [0.4, 0.5) is 0 Å². The van der Waals surface area contributed by atoms with Gasteiger partial charge < -0.3 is 9.47 Å². The first-order chi connectivity index (χ1) is 17.5. The monoisotopic (exact) mass is 485 g/mol. The SMILES string of the molecule is Cn1ccnc1[C@H]1CCCCN1C(=O)C[C@]1(c2ccccc2)CC(=O)N(CCc2ccccn2)C1=O. The largest absolute Gasteiger partial charge is 0.336 e. The molecule has 2 saturated heterocycles. The Morgan fingerprint density at radius 1 is 1.03 bits per heavy atom. The number of aromatic nitrogens is 3. The van der Waals surface area contributed by atoms with Crippen LogP contribution >= 0.6 is 0 Å². The molecule has 0 aliphatic carbocycles. The molecular formula is C28H31N5O3. The lowest BCUT2D eigenvalue weighted by atomic mass is 9.75. The maximum Gasteiger partial charge on any atom is 0.240 e. The number of amides is 3. The number of likely N-dealkylation sites (tertiary alicyclic amines) is 2. The Balaban J connectivity index is 1.43. The summed E-state index contributed by atoms with van der Waals surface area (Å²) in [6, 6.07) is 14.8. The van der Waals surface area contributed by atoms with E-state index >= 15 is 0 Å². The Kier molecular flexibility index (Phi) is 6.67. The highest BCUT2D eigenvalue weighted by Gasteiger charge is 2.54. The number of nitrogens with zero attached hydrogens (tertiary/aromatic N) is 5. The molecule has 0 N–H and O–H groups in total. The smallest absolute Gasteiger partial charge is 0.240 e. The number of benzene rings is 1. The topological polar surface area (TPSA) is 88.4 Å². The maximum atomic E-state index is 13.9. The van der Waals surface area contributed by atoms with E-state index in [1.807, 2.05) is 71.2 Å². The fourth-order valence-corrected chi connectivity index (χ4v) is 5.58. The lowest BCUT2D eigenvalue weighted by Gasteiger charge is -2.37. The van der Waals surface area contributed by atoms with Crippen molar-refractivity contribution in [2.75, 3.05) is 13.1 Å². The van der Waals surface area contributed by atoms with E-state index in [0.717, 1.165) is 30.8 Å². The van der Waals surface area contributed by atoms with Gasteiger partial charge in [0.1, 0.15) is 5.82 Å². The number of hydrogen-bond acceptors (Lipinski definition) is 5. The predicted molar refractivity (Wildman–Crippen MR) is 134 cm³/mol. The van der Waals surface area contributed by atoms with Crippen LogP contribution in [0.15, 0.2) is 67.1 Å². The zero-order valence-electron chi connectivity index (χ0n) is 20.5. The van der Waals surface area contributed by atoms with Gasteiger partial charge in [-0.05, 0) is 37.0 Å². The molecule has 2 fully saturated rings. The summed E-state index contributed by atoms with van der Waals surface area (Å²) in [5, 5.41) is 0. The van der Waals surface area contributed by atoms with Crippen molar-refractivity contribution in [1.29, 1.82) is 0 Å². The van der Waals surface area contributed by atoms with Crippen LogP contribution in [0.1, 0.15) is 55.2 Å². The van der Waals surface area contributed by atoms with Crippen LogP contribution in [-0.4, -0.2) is 55.1 Å². The molecule has 4 heterocycles. The molecule has 1 aromatic carbocycles. The van der Waals surface area contributed by atoms with E-state index in [9.17, 15) is 14.4 Å². The number of rotatable bonds is 7. The summed E-state index contributed by atoms with van der Waals surface area (Å²) in [4.78, 5) is 53.0.